The van der Waals surface area contributed by atoms with Gasteiger partial charge in [-0.1, -0.05) is 24.3 Å². The summed E-state index contributed by atoms with van der Waals surface area (Å²) in [6.07, 6.45) is 1.17. The lowest BCUT2D eigenvalue weighted by atomic mass is 10.1. The van der Waals surface area contributed by atoms with E-state index in [-0.39, 0.29) is 22.6 Å². The third-order valence-corrected chi connectivity index (χ3v) is 4.41. The van der Waals surface area contributed by atoms with E-state index in [0.717, 1.165) is 10.8 Å². The number of hydrazone groups is 1. The van der Waals surface area contributed by atoms with E-state index in [1.807, 2.05) is 24.3 Å². The van der Waals surface area contributed by atoms with Gasteiger partial charge in [0.2, 0.25) is 0 Å². The molecule has 1 amide bonds. The van der Waals surface area contributed by atoms with Crippen molar-refractivity contribution in [2.24, 2.45) is 5.10 Å². The first-order chi connectivity index (χ1) is 14.5. The van der Waals surface area contributed by atoms with Crippen LogP contribution in [0.1, 0.15) is 15.9 Å². The van der Waals surface area contributed by atoms with Gasteiger partial charge in [0.05, 0.1) is 49.7 Å². The number of nitrogens with zero attached hydrogens (tertiary/aromatic N) is 2. The number of amides is 1. The molecule has 0 fully saturated rings. The lowest BCUT2D eigenvalue weighted by Crippen LogP contribution is -2.18. The summed E-state index contributed by atoms with van der Waals surface area (Å²) in [5.41, 5.74) is 2.56. The second kappa shape index (κ2) is 8.91. The molecule has 0 bridgehead atoms. The van der Waals surface area contributed by atoms with Gasteiger partial charge in [0.1, 0.15) is 5.75 Å². The molecule has 0 atom stereocenters. The summed E-state index contributed by atoms with van der Waals surface area (Å²) in [5.74, 6) is 0.383. The molecular weight excluding hydrogens is 390 g/mol. The van der Waals surface area contributed by atoms with E-state index in [1.165, 1.54) is 39.7 Å². The molecule has 0 spiro atoms. The second-order valence-electron chi connectivity index (χ2n) is 6.12. The van der Waals surface area contributed by atoms with Crippen LogP contribution in [0, 0.1) is 10.1 Å². The maximum Gasteiger partial charge on any atom is 0.282 e. The molecule has 154 valence electrons. The van der Waals surface area contributed by atoms with E-state index in [0.29, 0.717) is 11.5 Å². The van der Waals surface area contributed by atoms with Gasteiger partial charge in [-0.3, -0.25) is 14.9 Å². The van der Waals surface area contributed by atoms with Crippen molar-refractivity contribution in [3.63, 3.8) is 0 Å². The number of nitrogens with one attached hydrogen (secondary N) is 1. The number of carbonyl (C=O) groups excluding carboxylic acids is 1. The standard InChI is InChI=1S/C21H19N3O6/c1-28-18-9-14-7-5-4-6-13(14)8-16(18)21(25)23-22-12-15-10-19(29-2)20(30-3)11-17(15)24(26)27/h4-12H,1-3H3,(H,23,25)/b22-12-. The van der Waals surface area contributed by atoms with Crippen LogP contribution in [0.2, 0.25) is 0 Å². The molecule has 1 N–H and O–H groups in total. The molecule has 3 aromatic rings. The minimum absolute atomic E-state index is 0.142. The van der Waals surface area contributed by atoms with Crippen molar-refractivity contribution in [2.45, 2.75) is 0 Å². The zero-order valence-electron chi connectivity index (χ0n) is 16.5. The Labute approximate surface area is 172 Å². The van der Waals surface area contributed by atoms with Crippen molar-refractivity contribution in [1.82, 2.24) is 5.43 Å². The fraction of sp³-hybridized carbons (Fsp3) is 0.143. The first-order valence-corrected chi connectivity index (χ1v) is 8.79. The average Bonchev–Trinajstić information content (AvgIpc) is 2.77. The first-order valence-electron chi connectivity index (χ1n) is 8.79. The maximum absolute atomic E-state index is 12.6. The van der Waals surface area contributed by atoms with Gasteiger partial charge in [0.15, 0.2) is 11.5 Å². The fourth-order valence-corrected chi connectivity index (χ4v) is 2.93. The molecule has 0 radical (unpaired) electrons. The number of rotatable bonds is 7. The van der Waals surface area contributed by atoms with Crippen LogP contribution in [0.3, 0.4) is 0 Å². The lowest BCUT2D eigenvalue weighted by Gasteiger charge is -2.10. The third kappa shape index (κ3) is 4.14. The van der Waals surface area contributed by atoms with Gasteiger partial charge in [0, 0.05) is 0 Å². The number of ether oxygens (including phenoxy) is 3. The number of nitro benzene ring substituents is 1. The first kappa shape index (κ1) is 20.6. The smallest absolute Gasteiger partial charge is 0.282 e. The van der Waals surface area contributed by atoms with Crippen molar-refractivity contribution in [3.05, 3.63) is 69.8 Å². The SMILES string of the molecule is COc1cc(/C=N\NC(=O)c2cc3ccccc3cc2OC)c([N+](=O)[O-])cc1OC. The number of hydrogen-bond donors (Lipinski definition) is 1. The molecule has 0 aliphatic carbocycles. The quantitative estimate of drug-likeness (QED) is 0.363. The Hall–Kier alpha value is -4.14. The Morgan fingerprint density at radius 2 is 1.57 bits per heavy atom. The highest BCUT2D eigenvalue weighted by atomic mass is 16.6. The fourth-order valence-electron chi connectivity index (χ4n) is 2.93. The van der Waals surface area contributed by atoms with Crippen molar-refractivity contribution in [3.8, 4) is 17.2 Å². The molecular formula is C21H19N3O6. The number of carbonyl (C=O) groups is 1. The molecule has 0 unspecified atom stereocenters. The van der Waals surface area contributed by atoms with Crippen LogP contribution in [0.25, 0.3) is 10.8 Å². The Morgan fingerprint density at radius 3 is 2.17 bits per heavy atom. The number of nitro groups is 1. The van der Waals surface area contributed by atoms with Crippen molar-refractivity contribution < 1.29 is 23.9 Å². The summed E-state index contributed by atoms with van der Waals surface area (Å²) in [6, 6.07) is 13.6. The van der Waals surface area contributed by atoms with Gasteiger partial charge in [-0.15, -0.1) is 0 Å². The van der Waals surface area contributed by atoms with Gasteiger partial charge < -0.3 is 14.2 Å². The summed E-state index contributed by atoms with van der Waals surface area (Å²) in [6.45, 7) is 0. The topological polar surface area (TPSA) is 112 Å². The average molecular weight is 409 g/mol. The van der Waals surface area contributed by atoms with Crippen LogP contribution in [0.15, 0.2) is 53.6 Å². The number of hydrogen-bond acceptors (Lipinski definition) is 7. The largest absolute Gasteiger partial charge is 0.496 e. The molecule has 0 saturated heterocycles. The minimum Gasteiger partial charge on any atom is -0.496 e. The lowest BCUT2D eigenvalue weighted by molar-refractivity contribution is -0.385. The summed E-state index contributed by atoms with van der Waals surface area (Å²) < 4.78 is 15.6. The number of fused-ring (bicyclic) bond motifs is 1. The monoisotopic (exact) mass is 409 g/mol. The van der Waals surface area contributed by atoms with Gasteiger partial charge in [-0.25, -0.2) is 5.43 Å². The predicted molar refractivity (Wildman–Crippen MR) is 112 cm³/mol. The maximum atomic E-state index is 12.6. The highest BCUT2D eigenvalue weighted by molar-refractivity contribution is 6.02. The van der Waals surface area contributed by atoms with Gasteiger partial charge in [-0.2, -0.15) is 5.10 Å². The van der Waals surface area contributed by atoms with E-state index < -0.39 is 10.8 Å². The van der Waals surface area contributed by atoms with Crippen LogP contribution >= 0.6 is 0 Å². The predicted octanol–water partition coefficient (Wildman–Crippen LogP) is 3.54. The number of methoxy groups -OCH3 is 3. The minimum atomic E-state index is -0.572. The Balaban J connectivity index is 1.89. The van der Waals surface area contributed by atoms with Crippen LogP contribution in [-0.4, -0.2) is 38.4 Å². The molecule has 0 saturated carbocycles. The summed E-state index contributed by atoms with van der Waals surface area (Å²) in [4.78, 5) is 23.4. The normalized spacial score (nSPS) is 10.8. The summed E-state index contributed by atoms with van der Waals surface area (Å²) >= 11 is 0. The molecule has 0 aromatic heterocycles. The zero-order chi connectivity index (χ0) is 21.7. The van der Waals surface area contributed by atoms with E-state index in [9.17, 15) is 14.9 Å². The van der Waals surface area contributed by atoms with Crippen molar-refractivity contribution in [1.29, 1.82) is 0 Å². The molecule has 0 aliphatic heterocycles. The second-order valence-corrected chi connectivity index (χ2v) is 6.12. The van der Waals surface area contributed by atoms with E-state index in [1.54, 1.807) is 12.1 Å². The van der Waals surface area contributed by atoms with E-state index in [2.05, 4.69) is 10.5 Å². The van der Waals surface area contributed by atoms with Crippen LogP contribution in [0.5, 0.6) is 17.2 Å². The highest BCUT2D eigenvalue weighted by Gasteiger charge is 2.19. The summed E-state index contributed by atoms with van der Waals surface area (Å²) in [5, 5.41) is 17.0. The van der Waals surface area contributed by atoms with Gasteiger partial charge in [-0.05, 0) is 29.0 Å². The highest BCUT2D eigenvalue weighted by Crippen LogP contribution is 2.33. The van der Waals surface area contributed by atoms with Crippen LogP contribution < -0.4 is 19.6 Å². The van der Waals surface area contributed by atoms with Gasteiger partial charge >= 0.3 is 0 Å². The third-order valence-electron chi connectivity index (χ3n) is 4.41. The molecule has 9 heteroatoms. The van der Waals surface area contributed by atoms with Crippen molar-refractivity contribution in [2.75, 3.05) is 21.3 Å². The van der Waals surface area contributed by atoms with Crippen LogP contribution in [-0.2, 0) is 0 Å². The van der Waals surface area contributed by atoms with Crippen LogP contribution in [0.4, 0.5) is 5.69 Å². The molecule has 0 heterocycles. The number of benzene rings is 3. The Kier molecular flexibility index (Phi) is 6.11. The van der Waals surface area contributed by atoms with E-state index >= 15 is 0 Å². The van der Waals surface area contributed by atoms with Crippen molar-refractivity contribution >= 4 is 28.6 Å². The molecule has 30 heavy (non-hydrogen) atoms. The summed E-state index contributed by atoms with van der Waals surface area (Å²) in [7, 11) is 4.27. The molecule has 3 rings (SSSR count). The molecule has 3 aromatic carbocycles. The zero-order valence-corrected chi connectivity index (χ0v) is 16.5. The molecule has 0 aliphatic rings. The Bertz CT molecular complexity index is 1140. The molecule has 9 nitrogen and oxygen atoms in total. The van der Waals surface area contributed by atoms with Gasteiger partial charge in [0.25, 0.3) is 11.6 Å². The Morgan fingerprint density at radius 1 is 0.967 bits per heavy atom. The van der Waals surface area contributed by atoms with E-state index in [4.69, 9.17) is 14.2 Å².